The number of primary amides is 1. The van der Waals surface area contributed by atoms with Gasteiger partial charge >= 0.3 is 6.18 Å². The van der Waals surface area contributed by atoms with Gasteiger partial charge in [-0.3, -0.25) is 14.4 Å². The monoisotopic (exact) mass is 506 g/mol. The fourth-order valence-electron chi connectivity index (χ4n) is 4.18. The minimum atomic E-state index is -4.75. The van der Waals surface area contributed by atoms with Gasteiger partial charge in [0.1, 0.15) is 5.82 Å². The summed E-state index contributed by atoms with van der Waals surface area (Å²) in [7, 11) is 4.51. The number of halogens is 3. The van der Waals surface area contributed by atoms with Crippen molar-refractivity contribution >= 4 is 34.9 Å². The number of likely N-dealkylation sites (N-methyl/N-ethyl adjacent to an activating group) is 1. The second kappa shape index (κ2) is 10.4. The first-order chi connectivity index (χ1) is 16.8. The lowest BCUT2D eigenvalue weighted by Crippen LogP contribution is -2.48. The van der Waals surface area contributed by atoms with Gasteiger partial charge in [-0.15, -0.1) is 0 Å². The van der Waals surface area contributed by atoms with Crippen molar-refractivity contribution in [2.75, 3.05) is 44.4 Å². The topological polar surface area (TPSA) is 112 Å². The number of nitrogens with one attached hydrogen (secondary N) is 1. The van der Waals surface area contributed by atoms with E-state index < -0.39 is 29.1 Å². The summed E-state index contributed by atoms with van der Waals surface area (Å²) < 4.78 is 41.1. The lowest BCUT2D eigenvalue weighted by Gasteiger charge is -2.38. The highest BCUT2D eigenvalue weighted by molar-refractivity contribution is 5.99. The number of hydrogen-bond acceptors (Lipinski definition) is 6. The molecule has 0 radical (unpaired) electrons. The van der Waals surface area contributed by atoms with E-state index in [4.69, 9.17) is 5.73 Å². The van der Waals surface area contributed by atoms with Crippen molar-refractivity contribution in [3.8, 4) is 0 Å². The van der Waals surface area contributed by atoms with Crippen LogP contribution >= 0.6 is 0 Å². The molecule has 9 nitrogen and oxygen atoms in total. The summed E-state index contributed by atoms with van der Waals surface area (Å²) in [6.07, 6.45) is -1.93. The first kappa shape index (κ1) is 26.8. The van der Waals surface area contributed by atoms with Crippen LogP contribution in [0.1, 0.15) is 46.0 Å². The molecule has 1 aliphatic rings. The number of pyridine rings is 1. The summed E-state index contributed by atoms with van der Waals surface area (Å²) in [5.74, 6) is -1.34. The van der Waals surface area contributed by atoms with Gasteiger partial charge in [-0.2, -0.15) is 13.2 Å². The normalized spacial score (nSPS) is 15.9. The zero-order chi connectivity index (χ0) is 26.8. The highest BCUT2D eigenvalue weighted by Crippen LogP contribution is 2.35. The minimum absolute atomic E-state index is 0.0445. The summed E-state index contributed by atoms with van der Waals surface area (Å²) in [6, 6.07) is 4.74. The predicted molar refractivity (Wildman–Crippen MR) is 129 cm³/mol. The summed E-state index contributed by atoms with van der Waals surface area (Å²) in [4.78, 5) is 44.9. The molecule has 12 heteroatoms. The number of likely N-dealkylation sites (tertiary alicyclic amines) is 1. The number of anilines is 3. The van der Waals surface area contributed by atoms with Gasteiger partial charge in [-0.05, 0) is 31.0 Å². The fourth-order valence-corrected chi connectivity index (χ4v) is 4.18. The Balaban J connectivity index is 1.95. The number of carbonyl (C=O) groups is 3. The van der Waals surface area contributed by atoms with Gasteiger partial charge in [-0.25, -0.2) is 4.98 Å². The Kier molecular flexibility index (Phi) is 7.75. The van der Waals surface area contributed by atoms with Crippen molar-refractivity contribution in [2.45, 2.75) is 32.0 Å². The van der Waals surface area contributed by atoms with Crippen LogP contribution in [-0.2, 0) is 11.0 Å². The van der Waals surface area contributed by atoms with Crippen LogP contribution in [0.5, 0.6) is 0 Å². The van der Waals surface area contributed by atoms with E-state index >= 15 is 0 Å². The number of benzene rings is 1. The molecule has 0 bridgehead atoms. The number of nitrogens with two attached hydrogens (primary N) is 1. The Labute approximate surface area is 207 Å². The third-order valence-corrected chi connectivity index (χ3v) is 6.15. The highest BCUT2D eigenvalue weighted by Gasteiger charge is 2.36. The molecule has 1 saturated heterocycles. The SMILES string of the molecule is CC(=O)N1CCC[C@@H](N(C)c2cc(Nc3ccc(C(=O)N(C)C)c(C(F)(F)F)c3)ncc2C(N)=O)C1. The molecule has 2 aromatic rings. The third kappa shape index (κ3) is 5.86. The second-order valence-electron chi connectivity index (χ2n) is 8.91. The smallest absolute Gasteiger partial charge is 0.369 e. The van der Waals surface area contributed by atoms with Gasteiger partial charge < -0.3 is 25.8 Å². The van der Waals surface area contributed by atoms with E-state index in [2.05, 4.69) is 10.3 Å². The number of rotatable bonds is 6. The molecule has 1 aromatic carbocycles. The van der Waals surface area contributed by atoms with Crippen molar-refractivity contribution in [2.24, 2.45) is 5.73 Å². The highest BCUT2D eigenvalue weighted by atomic mass is 19.4. The van der Waals surface area contributed by atoms with Crippen LogP contribution in [-0.4, -0.2) is 72.8 Å². The fraction of sp³-hybridized carbons (Fsp3) is 0.417. The maximum absolute atomic E-state index is 13.7. The van der Waals surface area contributed by atoms with Crippen LogP contribution in [0, 0.1) is 0 Å². The molecule has 1 atom stereocenters. The zero-order valence-corrected chi connectivity index (χ0v) is 20.5. The first-order valence-electron chi connectivity index (χ1n) is 11.3. The summed E-state index contributed by atoms with van der Waals surface area (Å²) >= 11 is 0. The number of nitrogens with zero attached hydrogens (tertiary/aromatic N) is 4. The van der Waals surface area contributed by atoms with E-state index in [0.29, 0.717) is 18.8 Å². The Hall–Kier alpha value is -3.83. The molecule has 1 aromatic heterocycles. The zero-order valence-electron chi connectivity index (χ0n) is 20.5. The molecule has 3 rings (SSSR count). The van der Waals surface area contributed by atoms with Crippen molar-refractivity contribution in [1.29, 1.82) is 0 Å². The second-order valence-corrected chi connectivity index (χ2v) is 8.91. The molecule has 3 amide bonds. The number of alkyl halides is 3. The molecule has 36 heavy (non-hydrogen) atoms. The molecular weight excluding hydrogens is 477 g/mol. The molecule has 2 heterocycles. The lowest BCUT2D eigenvalue weighted by molar-refractivity contribution is -0.138. The van der Waals surface area contributed by atoms with Gasteiger partial charge in [0.25, 0.3) is 11.8 Å². The van der Waals surface area contributed by atoms with Crippen molar-refractivity contribution in [3.05, 3.63) is 47.2 Å². The van der Waals surface area contributed by atoms with Crippen LogP contribution in [0.15, 0.2) is 30.5 Å². The first-order valence-corrected chi connectivity index (χ1v) is 11.3. The largest absolute Gasteiger partial charge is 0.417 e. The van der Waals surface area contributed by atoms with Gasteiger partial charge in [0.05, 0.1) is 22.4 Å². The molecule has 3 N–H and O–H groups in total. The van der Waals surface area contributed by atoms with Crippen molar-refractivity contribution in [3.63, 3.8) is 0 Å². The molecule has 0 spiro atoms. The van der Waals surface area contributed by atoms with Crippen molar-refractivity contribution in [1.82, 2.24) is 14.8 Å². The van der Waals surface area contributed by atoms with E-state index in [-0.39, 0.29) is 29.0 Å². The molecule has 1 aliphatic heterocycles. The number of carbonyl (C=O) groups excluding carboxylic acids is 3. The van der Waals surface area contributed by atoms with Crippen molar-refractivity contribution < 1.29 is 27.6 Å². The van der Waals surface area contributed by atoms with Crippen LogP contribution < -0.4 is 16.0 Å². The molecular formula is C24H29F3N6O3. The maximum atomic E-state index is 13.7. The maximum Gasteiger partial charge on any atom is 0.417 e. The van der Waals surface area contributed by atoms with Crippen LogP contribution in [0.25, 0.3) is 0 Å². The number of aromatic nitrogens is 1. The lowest BCUT2D eigenvalue weighted by atomic mass is 10.0. The van der Waals surface area contributed by atoms with Crippen LogP contribution in [0.4, 0.5) is 30.4 Å². The van der Waals surface area contributed by atoms with Gasteiger partial charge in [-0.1, -0.05) is 0 Å². The minimum Gasteiger partial charge on any atom is -0.369 e. The van der Waals surface area contributed by atoms with E-state index in [9.17, 15) is 27.6 Å². The molecule has 0 aliphatic carbocycles. The standard InChI is InChI=1S/C24H29F3N6O3/c1-14(34)33-9-5-6-16(13-33)32(4)20-11-21(29-12-18(20)22(28)35)30-15-7-8-17(23(36)31(2)3)19(10-15)24(25,26)27/h7-8,10-12,16H,5-6,9,13H2,1-4H3,(H2,28,35)(H,29,30)/t16-/m1/s1. The Morgan fingerprint density at radius 3 is 2.42 bits per heavy atom. The van der Waals surface area contributed by atoms with Gasteiger partial charge in [0.15, 0.2) is 0 Å². The molecule has 0 unspecified atom stereocenters. The average Bonchev–Trinajstić information content (AvgIpc) is 2.82. The summed E-state index contributed by atoms with van der Waals surface area (Å²) in [5, 5.41) is 2.82. The van der Waals surface area contributed by atoms with Gasteiger partial charge in [0, 0.05) is 65.1 Å². The predicted octanol–water partition coefficient (Wildman–Crippen LogP) is 3.09. The van der Waals surface area contributed by atoms with Crippen LogP contribution in [0.3, 0.4) is 0 Å². The third-order valence-electron chi connectivity index (χ3n) is 6.15. The molecule has 0 saturated carbocycles. The van der Waals surface area contributed by atoms with E-state index in [1.54, 1.807) is 11.9 Å². The van der Waals surface area contributed by atoms with E-state index in [1.807, 2.05) is 4.90 Å². The Bertz CT molecular complexity index is 1170. The quantitative estimate of drug-likeness (QED) is 0.623. The van der Waals surface area contributed by atoms with E-state index in [1.165, 1.54) is 39.3 Å². The number of piperidine rings is 1. The van der Waals surface area contributed by atoms with E-state index in [0.717, 1.165) is 29.9 Å². The number of amides is 3. The van der Waals surface area contributed by atoms with Gasteiger partial charge in [0.2, 0.25) is 5.91 Å². The summed E-state index contributed by atoms with van der Waals surface area (Å²) in [6.45, 7) is 2.61. The number of hydrogen-bond donors (Lipinski definition) is 2. The Morgan fingerprint density at radius 2 is 1.83 bits per heavy atom. The van der Waals surface area contributed by atoms with Crippen LogP contribution in [0.2, 0.25) is 0 Å². The molecule has 194 valence electrons. The average molecular weight is 507 g/mol. The summed E-state index contributed by atoms with van der Waals surface area (Å²) in [5.41, 5.74) is 4.64. The molecule has 1 fully saturated rings. The Morgan fingerprint density at radius 1 is 1.14 bits per heavy atom.